The highest BCUT2D eigenvalue weighted by Crippen LogP contribution is 2.24. The van der Waals surface area contributed by atoms with Crippen LogP contribution in [0.4, 0.5) is 0 Å². The van der Waals surface area contributed by atoms with Crippen molar-refractivity contribution < 1.29 is 4.52 Å². The van der Waals surface area contributed by atoms with Crippen LogP contribution in [0.1, 0.15) is 37.1 Å². The fourth-order valence-electron chi connectivity index (χ4n) is 2.12. The maximum Gasteiger partial charge on any atom is 0.226 e. The van der Waals surface area contributed by atoms with E-state index < -0.39 is 0 Å². The van der Waals surface area contributed by atoms with Gasteiger partial charge in [-0.25, -0.2) is 0 Å². The zero-order chi connectivity index (χ0) is 14.4. The van der Waals surface area contributed by atoms with Crippen molar-refractivity contribution in [3.8, 4) is 11.4 Å². The molecule has 0 spiro atoms. The first-order valence-electron chi connectivity index (χ1n) is 7.00. The third kappa shape index (κ3) is 4.15. The van der Waals surface area contributed by atoms with Crippen molar-refractivity contribution in [3.05, 3.63) is 34.1 Å². The Morgan fingerprint density at radius 3 is 2.75 bits per heavy atom. The molecule has 0 fully saturated rings. The number of halogens is 1. The second-order valence-corrected chi connectivity index (χ2v) is 5.84. The molecule has 4 nitrogen and oxygen atoms in total. The predicted molar refractivity (Wildman–Crippen MR) is 83.4 cm³/mol. The number of benzene rings is 1. The lowest BCUT2D eigenvalue weighted by Gasteiger charge is -2.00. The molecular formula is C15H20BrN3O. The molecule has 1 aromatic heterocycles. The van der Waals surface area contributed by atoms with Crippen LogP contribution in [0.3, 0.4) is 0 Å². The molecule has 0 aliphatic rings. The molecule has 2 aromatic rings. The molecule has 2 rings (SSSR count). The van der Waals surface area contributed by atoms with E-state index in [2.05, 4.69) is 32.1 Å². The summed E-state index contributed by atoms with van der Waals surface area (Å²) in [5.41, 5.74) is 7.62. The number of nitrogens with zero attached hydrogens (tertiary/aromatic N) is 2. The molecule has 1 heterocycles. The summed E-state index contributed by atoms with van der Waals surface area (Å²) < 4.78 is 6.37. The molecule has 0 aliphatic heterocycles. The lowest BCUT2D eigenvalue weighted by molar-refractivity contribution is 0.374. The molecule has 0 saturated carbocycles. The van der Waals surface area contributed by atoms with Gasteiger partial charge < -0.3 is 10.3 Å². The maximum absolute atomic E-state index is 5.47. The monoisotopic (exact) mass is 337 g/mol. The van der Waals surface area contributed by atoms with Crippen LogP contribution in [-0.4, -0.2) is 16.7 Å². The standard InChI is InChI=1S/C15H20BrN3O/c1-11-10-12(16)7-8-13(11)15-18-14(20-19-15)6-4-2-3-5-9-17/h7-8,10H,2-6,9,17H2,1H3. The minimum Gasteiger partial charge on any atom is -0.339 e. The van der Waals surface area contributed by atoms with Crippen molar-refractivity contribution in [2.24, 2.45) is 5.73 Å². The highest BCUT2D eigenvalue weighted by atomic mass is 79.9. The summed E-state index contributed by atoms with van der Waals surface area (Å²) in [6, 6.07) is 6.05. The largest absolute Gasteiger partial charge is 0.339 e. The van der Waals surface area contributed by atoms with E-state index in [0.29, 0.717) is 5.82 Å². The van der Waals surface area contributed by atoms with E-state index in [9.17, 15) is 0 Å². The van der Waals surface area contributed by atoms with E-state index in [1.165, 1.54) is 6.42 Å². The van der Waals surface area contributed by atoms with Gasteiger partial charge in [-0.05, 0) is 50.1 Å². The average molecular weight is 338 g/mol. The van der Waals surface area contributed by atoms with Gasteiger partial charge in [0.25, 0.3) is 0 Å². The van der Waals surface area contributed by atoms with Gasteiger partial charge in [0.1, 0.15) is 0 Å². The fourth-order valence-corrected chi connectivity index (χ4v) is 2.59. The molecule has 0 amide bonds. The Morgan fingerprint density at radius 1 is 1.20 bits per heavy atom. The Balaban J connectivity index is 1.95. The molecule has 5 heteroatoms. The number of hydrogen-bond acceptors (Lipinski definition) is 4. The molecular weight excluding hydrogens is 318 g/mol. The Bertz CT molecular complexity index is 554. The summed E-state index contributed by atoms with van der Waals surface area (Å²) in [6.45, 7) is 2.82. The van der Waals surface area contributed by atoms with Gasteiger partial charge in [-0.15, -0.1) is 0 Å². The van der Waals surface area contributed by atoms with E-state index in [1.54, 1.807) is 0 Å². The molecule has 0 bridgehead atoms. The van der Waals surface area contributed by atoms with Crippen LogP contribution in [0, 0.1) is 6.92 Å². The first-order valence-corrected chi connectivity index (χ1v) is 7.79. The normalized spacial score (nSPS) is 10.9. The van der Waals surface area contributed by atoms with Gasteiger partial charge in [0.2, 0.25) is 11.7 Å². The molecule has 1 aromatic carbocycles. The van der Waals surface area contributed by atoms with E-state index in [4.69, 9.17) is 10.3 Å². The zero-order valence-corrected chi connectivity index (χ0v) is 13.3. The van der Waals surface area contributed by atoms with Crippen LogP contribution in [0.25, 0.3) is 11.4 Å². The molecule has 0 saturated heterocycles. The molecule has 20 heavy (non-hydrogen) atoms. The minimum atomic E-state index is 0.673. The summed E-state index contributed by atoms with van der Waals surface area (Å²) >= 11 is 3.46. The molecule has 0 aliphatic carbocycles. The minimum absolute atomic E-state index is 0.673. The first-order chi connectivity index (χ1) is 9.70. The van der Waals surface area contributed by atoms with Crippen molar-refractivity contribution in [1.82, 2.24) is 10.1 Å². The van der Waals surface area contributed by atoms with Crippen LogP contribution in [0.2, 0.25) is 0 Å². The van der Waals surface area contributed by atoms with Gasteiger partial charge in [0, 0.05) is 16.5 Å². The number of unbranched alkanes of at least 4 members (excludes halogenated alkanes) is 3. The highest BCUT2D eigenvalue weighted by molar-refractivity contribution is 9.10. The molecule has 108 valence electrons. The number of aromatic nitrogens is 2. The summed E-state index contributed by atoms with van der Waals surface area (Å²) in [4.78, 5) is 4.47. The van der Waals surface area contributed by atoms with Crippen LogP contribution >= 0.6 is 15.9 Å². The smallest absolute Gasteiger partial charge is 0.226 e. The second-order valence-electron chi connectivity index (χ2n) is 4.92. The van der Waals surface area contributed by atoms with E-state index >= 15 is 0 Å². The van der Waals surface area contributed by atoms with Crippen LogP contribution < -0.4 is 5.73 Å². The van der Waals surface area contributed by atoms with Crippen LogP contribution in [0.15, 0.2) is 27.2 Å². The lowest BCUT2D eigenvalue weighted by atomic mass is 10.1. The molecule has 0 atom stereocenters. The first kappa shape index (κ1) is 15.2. The number of aryl methyl sites for hydroxylation is 2. The molecule has 2 N–H and O–H groups in total. The van der Waals surface area contributed by atoms with Gasteiger partial charge in [-0.2, -0.15) is 4.98 Å². The Morgan fingerprint density at radius 2 is 2.00 bits per heavy atom. The number of nitrogens with two attached hydrogens (primary N) is 1. The number of rotatable bonds is 7. The van der Waals surface area contributed by atoms with Crippen LogP contribution in [0.5, 0.6) is 0 Å². The molecule has 0 unspecified atom stereocenters. The third-order valence-corrected chi connectivity index (χ3v) is 3.74. The lowest BCUT2D eigenvalue weighted by Crippen LogP contribution is -1.97. The number of hydrogen-bond donors (Lipinski definition) is 1. The third-order valence-electron chi connectivity index (χ3n) is 3.24. The zero-order valence-electron chi connectivity index (χ0n) is 11.7. The van der Waals surface area contributed by atoms with E-state index in [1.807, 2.05) is 19.1 Å². The Labute approximate surface area is 127 Å². The van der Waals surface area contributed by atoms with E-state index in [0.717, 1.165) is 53.7 Å². The van der Waals surface area contributed by atoms with Gasteiger partial charge in [0.15, 0.2) is 0 Å². The van der Waals surface area contributed by atoms with Crippen molar-refractivity contribution >= 4 is 15.9 Å². The summed E-state index contributed by atoms with van der Waals surface area (Å²) in [5.74, 6) is 1.39. The molecule has 0 radical (unpaired) electrons. The van der Waals surface area contributed by atoms with Crippen molar-refractivity contribution in [2.75, 3.05) is 6.54 Å². The van der Waals surface area contributed by atoms with Gasteiger partial charge in [0.05, 0.1) is 0 Å². The highest BCUT2D eigenvalue weighted by Gasteiger charge is 2.10. The Hall–Kier alpha value is -1.20. The fraction of sp³-hybridized carbons (Fsp3) is 0.467. The Kier molecular flexibility index (Phi) is 5.73. The average Bonchev–Trinajstić information content (AvgIpc) is 2.87. The SMILES string of the molecule is Cc1cc(Br)ccc1-c1noc(CCCCCCN)n1. The van der Waals surface area contributed by atoms with Crippen molar-refractivity contribution in [2.45, 2.75) is 39.0 Å². The van der Waals surface area contributed by atoms with Crippen LogP contribution in [-0.2, 0) is 6.42 Å². The topological polar surface area (TPSA) is 64.9 Å². The summed E-state index contributed by atoms with van der Waals surface area (Å²) in [7, 11) is 0. The second kappa shape index (κ2) is 7.55. The summed E-state index contributed by atoms with van der Waals surface area (Å²) in [6.07, 6.45) is 5.33. The maximum atomic E-state index is 5.47. The van der Waals surface area contributed by atoms with Gasteiger partial charge in [-0.1, -0.05) is 33.9 Å². The summed E-state index contributed by atoms with van der Waals surface area (Å²) in [5, 5.41) is 4.07. The van der Waals surface area contributed by atoms with Gasteiger partial charge in [-0.3, -0.25) is 0 Å². The predicted octanol–water partition coefficient (Wildman–Crippen LogP) is 3.87. The quantitative estimate of drug-likeness (QED) is 0.779. The van der Waals surface area contributed by atoms with Crippen molar-refractivity contribution in [1.29, 1.82) is 0 Å². The van der Waals surface area contributed by atoms with Gasteiger partial charge >= 0.3 is 0 Å². The van der Waals surface area contributed by atoms with Crippen molar-refractivity contribution in [3.63, 3.8) is 0 Å². The van der Waals surface area contributed by atoms with E-state index in [-0.39, 0.29) is 0 Å².